The third-order valence-corrected chi connectivity index (χ3v) is 3.99. The van der Waals surface area contributed by atoms with Gasteiger partial charge in [0.25, 0.3) is 0 Å². The minimum absolute atomic E-state index is 0.209. The second-order valence-electron chi connectivity index (χ2n) is 6.63. The first kappa shape index (κ1) is 24.9. The van der Waals surface area contributed by atoms with Crippen LogP contribution in [0.15, 0.2) is 48.6 Å². The van der Waals surface area contributed by atoms with Gasteiger partial charge in [0.2, 0.25) is 5.91 Å². The van der Waals surface area contributed by atoms with Crippen LogP contribution in [0.2, 0.25) is 0 Å². The highest BCUT2D eigenvalue weighted by Crippen LogP contribution is 2.02. The largest absolute Gasteiger partial charge is 0.480 e. The van der Waals surface area contributed by atoms with Crippen molar-refractivity contribution in [2.24, 2.45) is 0 Å². The SMILES string of the molecule is CCCCCC=CCCC=CC=CCC=CCCCC(=O)N[C@@H](C)C(=O)O. The van der Waals surface area contributed by atoms with Gasteiger partial charge >= 0.3 is 5.97 Å². The van der Waals surface area contributed by atoms with Gasteiger partial charge in [-0.15, -0.1) is 0 Å². The molecule has 0 spiro atoms. The Balaban J connectivity index is 3.57. The first-order valence-electron chi connectivity index (χ1n) is 10.2. The van der Waals surface area contributed by atoms with Crippen molar-refractivity contribution < 1.29 is 14.7 Å². The van der Waals surface area contributed by atoms with Gasteiger partial charge in [-0.05, 0) is 51.9 Å². The molecule has 0 heterocycles. The summed E-state index contributed by atoms with van der Waals surface area (Å²) in [6.07, 6.45) is 27.2. The molecule has 4 nitrogen and oxygen atoms in total. The van der Waals surface area contributed by atoms with Gasteiger partial charge in [-0.3, -0.25) is 9.59 Å². The van der Waals surface area contributed by atoms with Crippen molar-refractivity contribution in [3.05, 3.63) is 48.6 Å². The van der Waals surface area contributed by atoms with Crippen molar-refractivity contribution in [1.82, 2.24) is 5.32 Å². The molecule has 152 valence electrons. The van der Waals surface area contributed by atoms with Crippen LogP contribution in [0.4, 0.5) is 0 Å². The summed E-state index contributed by atoms with van der Waals surface area (Å²) in [6.45, 7) is 3.69. The molecule has 1 amide bonds. The molecule has 0 aromatic heterocycles. The minimum Gasteiger partial charge on any atom is -0.480 e. The fraction of sp³-hybridized carbons (Fsp3) is 0.565. The van der Waals surface area contributed by atoms with E-state index in [4.69, 9.17) is 5.11 Å². The second kappa shape index (κ2) is 18.7. The van der Waals surface area contributed by atoms with Crippen molar-refractivity contribution in [3.8, 4) is 0 Å². The summed E-state index contributed by atoms with van der Waals surface area (Å²) in [5, 5.41) is 11.2. The lowest BCUT2D eigenvalue weighted by Gasteiger charge is -2.08. The van der Waals surface area contributed by atoms with Gasteiger partial charge in [0.1, 0.15) is 6.04 Å². The number of carboxylic acids is 1. The number of amides is 1. The molecule has 0 aliphatic rings. The number of carboxylic acid groups (broad SMARTS) is 1. The minimum atomic E-state index is -1.01. The van der Waals surface area contributed by atoms with Gasteiger partial charge in [0.15, 0.2) is 0 Å². The number of carbonyl (C=O) groups is 2. The van der Waals surface area contributed by atoms with E-state index in [1.807, 2.05) is 0 Å². The van der Waals surface area contributed by atoms with E-state index >= 15 is 0 Å². The quantitative estimate of drug-likeness (QED) is 0.206. The summed E-state index contributed by atoms with van der Waals surface area (Å²) >= 11 is 0. The van der Waals surface area contributed by atoms with Gasteiger partial charge in [0, 0.05) is 6.42 Å². The highest BCUT2D eigenvalue weighted by Gasteiger charge is 2.12. The Kier molecular flexibility index (Phi) is 17.2. The van der Waals surface area contributed by atoms with E-state index in [1.54, 1.807) is 0 Å². The summed E-state index contributed by atoms with van der Waals surface area (Å²) in [6, 6.07) is -0.826. The predicted molar refractivity (Wildman–Crippen MR) is 114 cm³/mol. The first-order valence-corrected chi connectivity index (χ1v) is 10.2. The predicted octanol–water partition coefficient (Wildman–Crippen LogP) is 5.72. The molecule has 27 heavy (non-hydrogen) atoms. The van der Waals surface area contributed by atoms with Gasteiger partial charge in [-0.1, -0.05) is 68.4 Å². The molecule has 0 unspecified atom stereocenters. The molecule has 0 aromatic rings. The molecule has 0 aliphatic carbocycles. The molecule has 4 heteroatoms. The maximum absolute atomic E-state index is 11.5. The van der Waals surface area contributed by atoms with E-state index in [1.165, 1.54) is 32.6 Å². The van der Waals surface area contributed by atoms with Crippen LogP contribution in [0, 0.1) is 0 Å². The molecule has 0 saturated carbocycles. The lowest BCUT2D eigenvalue weighted by atomic mass is 10.2. The number of nitrogens with one attached hydrogen (secondary N) is 1. The van der Waals surface area contributed by atoms with Crippen LogP contribution in [-0.2, 0) is 9.59 Å². The van der Waals surface area contributed by atoms with Crippen LogP contribution in [0.1, 0.15) is 78.1 Å². The lowest BCUT2D eigenvalue weighted by Crippen LogP contribution is -2.38. The van der Waals surface area contributed by atoms with Crippen molar-refractivity contribution in [1.29, 1.82) is 0 Å². The molecule has 1 atom stereocenters. The summed E-state index contributed by atoms with van der Waals surface area (Å²) in [5.41, 5.74) is 0. The summed E-state index contributed by atoms with van der Waals surface area (Å²) < 4.78 is 0. The third-order valence-electron chi connectivity index (χ3n) is 3.99. The average molecular weight is 376 g/mol. The van der Waals surface area contributed by atoms with E-state index in [2.05, 4.69) is 60.8 Å². The van der Waals surface area contributed by atoms with Crippen LogP contribution in [0.5, 0.6) is 0 Å². The Morgan fingerprint density at radius 1 is 0.852 bits per heavy atom. The zero-order chi connectivity index (χ0) is 20.2. The molecule has 0 bridgehead atoms. The maximum Gasteiger partial charge on any atom is 0.325 e. The van der Waals surface area contributed by atoms with Crippen LogP contribution in [0.3, 0.4) is 0 Å². The van der Waals surface area contributed by atoms with Gasteiger partial charge in [0.05, 0.1) is 0 Å². The van der Waals surface area contributed by atoms with Crippen LogP contribution < -0.4 is 5.32 Å². The maximum atomic E-state index is 11.5. The Hall–Kier alpha value is -2.10. The second-order valence-corrected chi connectivity index (χ2v) is 6.63. The Bertz CT molecular complexity index is 504. The number of hydrogen-bond acceptors (Lipinski definition) is 2. The summed E-state index contributed by atoms with van der Waals surface area (Å²) in [5.74, 6) is -1.22. The number of rotatable bonds is 16. The molecule has 0 rings (SSSR count). The van der Waals surface area contributed by atoms with Gasteiger partial charge in [-0.2, -0.15) is 0 Å². The number of carbonyl (C=O) groups excluding carboxylic acids is 1. The Morgan fingerprint density at radius 2 is 1.48 bits per heavy atom. The van der Waals surface area contributed by atoms with Crippen molar-refractivity contribution >= 4 is 11.9 Å². The normalized spacial score (nSPS) is 13.3. The van der Waals surface area contributed by atoms with E-state index in [-0.39, 0.29) is 5.91 Å². The fourth-order valence-corrected chi connectivity index (χ4v) is 2.32. The fourth-order valence-electron chi connectivity index (χ4n) is 2.32. The van der Waals surface area contributed by atoms with E-state index in [9.17, 15) is 9.59 Å². The molecule has 0 aliphatic heterocycles. The van der Waals surface area contributed by atoms with E-state index in [0.717, 1.165) is 32.1 Å². The zero-order valence-corrected chi connectivity index (χ0v) is 17.0. The van der Waals surface area contributed by atoms with Gasteiger partial charge < -0.3 is 10.4 Å². The molecule has 0 radical (unpaired) electrons. The van der Waals surface area contributed by atoms with Crippen molar-refractivity contribution in [3.63, 3.8) is 0 Å². The number of hydrogen-bond donors (Lipinski definition) is 2. The third kappa shape index (κ3) is 18.5. The van der Waals surface area contributed by atoms with Crippen molar-refractivity contribution in [2.45, 2.75) is 84.1 Å². The van der Waals surface area contributed by atoms with Crippen LogP contribution in [-0.4, -0.2) is 23.0 Å². The average Bonchev–Trinajstić information content (AvgIpc) is 2.64. The zero-order valence-electron chi connectivity index (χ0n) is 17.0. The molecule has 0 aromatic carbocycles. The number of aliphatic carboxylic acids is 1. The Labute approximate surface area is 165 Å². The van der Waals surface area contributed by atoms with E-state index in [0.29, 0.717) is 6.42 Å². The standard InChI is InChI=1S/C23H37NO3/c1-3-4-5-6-7-8-9-10-11-12-13-14-15-16-17-18-19-20-22(25)24-21(2)23(26)27/h7-8,11-14,16-17,21H,3-6,9-10,15,18-20H2,1-2H3,(H,24,25)(H,26,27)/t21-/m0/s1. The smallest absolute Gasteiger partial charge is 0.325 e. The molecular weight excluding hydrogens is 338 g/mol. The highest BCUT2D eigenvalue weighted by atomic mass is 16.4. The molecule has 0 fully saturated rings. The topological polar surface area (TPSA) is 66.4 Å². The van der Waals surface area contributed by atoms with Gasteiger partial charge in [-0.25, -0.2) is 0 Å². The number of allylic oxidation sites excluding steroid dienone is 8. The number of unbranched alkanes of at least 4 members (excludes halogenated alkanes) is 5. The monoisotopic (exact) mass is 375 g/mol. The highest BCUT2D eigenvalue weighted by molar-refractivity contribution is 5.83. The first-order chi connectivity index (χ1) is 13.1. The molecule has 2 N–H and O–H groups in total. The van der Waals surface area contributed by atoms with Crippen LogP contribution in [0.25, 0.3) is 0 Å². The van der Waals surface area contributed by atoms with Crippen molar-refractivity contribution in [2.75, 3.05) is 0 Å². The molecule has 0 saturated heterocycles. The summed E-state index contributed by atoms with van der Waals surface area (Å²) in [7, 11) is 0. The lowest BCUT2D eigenvalue weighted by molar-refractivity contribution is -0.141. The summed E-state index contributed by atoms with van der Waals surface area (Å²) in [4.78, 5) is 22.1. The van der Waals surface area contributed by atoms with Crippen LogP contribution >= 0.6 is 0 Å². The van der Waals surface area contributed by atoms with E-state index < -0.39 is 12.0 Å². The molecular formula is C23H37NO3. The Morgan fingerprint density at radius 3 is 2.22 bits per heavy atom.